The van der Waals surface area contributed by atoms with Crippen LogP contribution in [0.1, 0.15) is 26.3 Å². The number of rotatable bonds is 3. The normalized spacial score (nSPS) is 12.1. The average molecular weight is 552 g/mol. The van der Waals surface area contributed by atoms with E-state index in [0.29, 0.717) is 0 Å². The van der Waals surface area contributed by atoms with Crippen molar-refractivity contribution in [2.75, 3.05) is 0 Å². The van der Waals surface area contributed by atoms with Crippen molar-refractivity contribution in [3.63, 3.8) is 0 Å². The fraction of sp³-hybridized carbons (Fsp3) is 0.0952. The summed E-state index contributed by atoms with van der Waals surface area (Å²) in [4.78, 5) is 0. The van der Waals surface area contributed by atoms with E-state index in [2.05, 4.69) is 171 Å². The SMILES string of the molecule is CC(C)(C)c1ccc2c(c1)c1ccccc1n2-c1ccc(-c2c3ccccc3c(-c3ccccc3)c3ccccc23)cc1. The van der Waals surface area contributed by atoms with Gasteiger partial charge in [-0.3, -0.25) is 0 Å². The van der Waals surface area contributed by atoms with E-state index in [9.17, 15) is 0 Å². The molecule has 0 saturated heterocycles. The predicted molar refractivity (Wildman–Crippen MR) is 185 cm³/mol. The van der Waals surface area contributed by atoms with Gasteiger partial charge in [-0.2, -0.15) is 0 Å². The summed E-state index contributed by atoms with van der Waals surface area (Å²) in [7, 11) is 0. The smallest absolute Gasteiger partial charge is 0.0541 e. The lowest BCUT2D eigenvalue weighted by molar-refractivity contribution is 0.591. The molecule has 0 unspecified atom stereocenters. The largest absolute Gasteiger partial charge is 0.309 e. The van der Waals surface area contributed by atoms with Crippen LogP contribution in [0.15, 0.2) is 146 Å². The van der Waals surface area contributed by atoms with Crippen molar-refractivity contribution < 1.29 is 0 Å². The van der Waals surface area contributed by atoms with Crippen LogP contribution in [0.2, 0.25) is 0 Å². The summed E-state index contributed by atoms with van der Waals surface area (Å²) in [5.74, 6) is 0. The Morgan fingerprint density at radius 1 is 0.395 bits per heavy atom. The van der Waals surface area contributed by atoms with Crippen LogP contribution in [0, 0.1) is 0 Å². The second-order valence-corrected chi connectivity index (χ2v) is 12.6. The zero-order chi connectivity index (χ0) is 29.1. The number of para-hydroxylation sites is 1. The first-order valence-corrected chi connectivity index (χ1v) is 15.1. The van der Waals surface area contributed by atoms with Gasteiger partial charge in [0, 0.05) is 16.5 Å². The van der Waals surface area contributed by atoms with Crippen LogP contribution in [0.4, 0.5) is 0 Å². The average Bonchev–Trinajstić information content (AvgIpc) is 3.37. The number of hydrogen-bond acceptors (Lipinski definition) is 0. The third kappa shape index (κ3) is 4.07. The van der Waals surface area contributed by atoms with Crippen LogP contribution >= 0.6 is 0 Å². The Kier molecular flexibility index (Phi) is 5.77. The van der Waals surface area contributed by atoms with E-state index in [1.165, 1.54) is 76.9 Å². The first-order valence-electron chi connectivity index (χ1n) is 15.1. The van der Waals surface area contributed by atoms with Crippen LogP contribution in [0.3, 0.4) is 0 Å². The Morgan fingerprint density at radius 2 is 0.860 bits per heavy atom. The molecule has 0 fully saturated rings. The van der Waals surface area contributed by atoms with E-state index in [0.717, 1.165) is 0 Å². The maximum atomic E-state index is 2.41. The highest BCUT2D eigenvalue weighted by atomic mass is 15.0. The van der Waals surface area contributed by atoms with Crippen LogP contribution in [-0.4, -0.2) is 4.57 Å². The van der Waals surface area contributed by atoms with E-state index in [4.69, 9.17) is 0 Å². The van der Waals surface area contributed by atoms with E-state index >= 15 is 0 Å². The summed E-state index contributed by atoms with van der Waals surface area (Å²) in [6.45, 7) is 6.85. The van der Waals surface area contributed by atoms with Crippen molar-refractivity contribution in [2.24, 2.45) is 0 Å². The molecule has 0 radical (unpaired) electrons. The number of benzene rings is 7. The summed E-state index contributed by atoms with van der Waals surface area (Å²) >= 11 is 0. The summed E-state index contributed by atoms with van der Waals surface area (Å²) in [5, 5.41) is 7.72. The molecule has 0 bridgehead atoms. The molecular weight excluding hydrogens is 518 g/mol. The van der Waals surface area contributed by atoms with Gasteiger partial charge in [0.25, 0.3) is 0 Å². The highest BCUT2D eigenvalue weighted by Gasteiger charge is 2.19. The van der Waals surface area contributed by atoms with Crippen molar-refractivity contribution >= 4 is 43.4 Å². The maximum absolute atomic E-state index is 2.41. The van der Waals surface area contributed by atoms with Crippen LogP contribution < -0.4 is 0 Å². The number of nitrogens with zero attached hydrogens (tertiary/aromatic N) is 1. The summed E-state index contributed by atoms with van der Waals surface area (Å²) in [5.41, 5.74) is 10.2. The standard InChI is InChI=1S/C42H33N/c1-42(2,3)30-23-26-39-37(27-30)32-15-11-12-20-38(32)43(39)31-24-21-29(22-25-31)41-35-18-9-7-16-33(35)40(28-13-5-4-6-14-28)34-17-8-10-19-36(34)41/h4-27H,1-3H3. The summed E-state index contributed by atoms with van der Waals surface area (Å²) in [6.07, 6.45) is 0. The first kappa shape index (κ1) is 25.6. The fourth-order valence-corrected chi connectivity index (χ4v) is 6.85. The van der Waals surface area contributed by atoms with E-state index in [1.807, 2.05) is 0 Å². The third-order valence-electron chi connectivity index (χ3n) is 8.95. The van der Waals surface area contributed by atoms with Crippen LogP contribution in [0.5, 0.6) is 0 Å². The minimum Gasteiger partial charge on any atom is -0.309 e. The second kappa shape index (κ2) is 9.71. The minimum absolute atomic E-state index is 0.0979. The number of hydrogen-bond donors (Lipinski definition) is 0. The van der Waals surface area contributed by atoms with Crippen molar-refractivity contribution in [3.8, 4) is 27.9 Å². The Balaban J connectivity index is 1.35. The van der Waals surface area contributed by atoms with Crippen molar-refractivity contribution in [1.29, 1.82) is 0 Å². The lowest BCUT2D eigenvalue weighted by atomic mass is 9.86. The van der Waals surface area contributed by atoms with Gasteiger partial charge in [-0.05, 0) is 85.1 Å². The minimum atomic E-state index is 0.0979. The molecule has 0 aliphatic heterocycles. The maximum Gasteiger partial charge on any atom is 0.0541 e. The van der Waals surface area contributed by atoms with E-state index < -0.39 is 0 Å². The molecule has 1 heteroatoms. The van der Waals surface area contributed by atoms with Crippen LogP contribution in [-0.2, 0) is 5.41 Å². The highest BCUT2D eigenvalue weighted by molar-refractivity contribution is 6.21. The molecule has 0 aliphatic rings. The quantitative estimate of drug-likeness (QED) is 0.192. The van der Waals surface area contributed by atoms with E-state index in [1.54, 1.807) is 0 Å². The number of fused-ring (bicyclic) bond motifs is 5. The van der Waals surface area contributed by atoms with Gasteiger partial charge in [0.15, 0.2) is 0 Å². The summed E-state index contributed by atoms with van der Waals surface area (Å²) in [6, 6.07) is 53.4. The van der Waals surface area contributed by atoms with Gasteiger partial charge in [0.05, 0.1) is 11.0 Å². The molecule has 8 aromatic rings. The molecule has 7 aromatic carbocycles. The third-order valence-corrected chi connectivity index (χ3v) is 8.95. The predicted octanol–water partition coefficient (Wildman–Crippen LogP) is 11.7. The van der Waals surface area contributed by atoms with Gasteiger partial charge < -0.3 is 4.57 Å². The van der Waals surface area contributed by atoms with Crippen molar-refractivity contribution in [1.82, 2.24) is 4.57 Å². The van der Waals surface area contributed by atoms with Gasteiger partial charge in [-0.15, -0.1) is 0 Å². The Hall–Kier alpha value is -5.14. The van der Waals surface area contributed by atoms with Crippen molar-refractivity contribution in [2.45, 2.75) is 26.2 Å². The zero-order valence-electron chi connectivity index (χ0n) is 24.8. The Bertz CT molecular complexity index is 2240. The van der Waals surface area contributed by atoms with Gasteiger partial charge >= 0.3 is 0 Å². The lowest BCUT2D eigenvalue weighted by Crippen LogP contribution is -2.10. The molecule has 0 amide bonds. The molecule has 1 heterocycles. The molecule has 0 aliphatic carbocycles. The molecule has 0 N–H and O–H groups in total. The first-order chi connectivity index (χ1) is 21.0. The number of aromatic nitrogens is 1. The second-order valence-electron chi connectivity index (χ2n) is 12.6. The van der Waals surface area contributed by atoms with Gasteiger partial charge in [0.2, 0.25) is 0 Å². The van der Waals surface area contributed by atoms with Crippen LogP contribution in [0.25, 0.3) is 71.3 Å². The molecule has 0 saturated carbocycles. The molecular formula is C42H33N. The molecule has 0 atom stereocenters. The fourth-order valence-electron chi connectivity index (χ4n) is 6.85. The van der Waals surface area contributed by atoms with E-state index in [-0.39, 0.29) is 5.41 Å². The molecule has 206 valence electrons. The topological polar surface area (TPSA) is 4.93 Å². The molecule has 0 spiro atoms. The monoisotopic (exact) mass is 551 g/mol. The Labute approximate surface area is 252 Å². The van der Waals surface area contributed by atoms with Gasteiger partial charge in [-0.1, -0.05) is 136 Å². The molecule has 1 nitrogen and oxygen atoms in total. The highest BCUT2D eigenvalue weighted by Crippen LogP contribution is 2.44. The molecule has 1 aromatic heterocycles. The lowest BCUT2D eigenvalue weighted by Gasteiger charge is -2.19. The van der Waals surface area contributed by atoms with Crippen molar-refractivity contribution in [3.05, 3.63) is 151 Å². The molecule has 8 rings (SSSR count). The zero-order valence-corrected chi connectivity index (χ0v) is 24.8. The van der Waals surface area contributed by atoms with Gasteiger partial charge in [0.1, 0.15) is 0 Å². The molecule has 43 heavy (non-hydrogen) atoms. The Morgan fingerprint density at radius 3 is 1.42 bits per heavy atom. The van der Waals surface area contributed by atoms with Gasteiger partial charge in [-0.25, -0.2) is 0 Å². The summed E-state index contributed by atoms with van der Waals surface area (Å²) < 4.78 is 2.41.